The van der Waals surface area contributed by atoms with Crippen molar-refractivity contribution >= 4 is 0 Å². The molecule has 2 atom stereocenters. The quantitative estimate of drug-likeness (QED) is 0.565. The molecule has 1 nitrogen and oxygen atoms in total. The largest absolute Gasteiger partial charge is 0.393 e. The van der Waals surface area contributed by atoms with Crippen LogP contribution < -0.4 is 0 Å². The highest BCUT2D eigenvalue weighted by Crippen LogP contribution is 2.43. The van der Waals surface area contributed by atoms with Crippen LogP contribution in [-0.2, 0) is 0 Å². The molecule has 0 aliphatic heterocycles. The molecule has 0 spiro atoms. The van der Waals surface area contributed by atoms with E-state index in [1.54, 1.807) is 0 Å². The highest BCUT2D eigenvalue weighted by atomic mass is 16.3. The van der Waals surface area contributed by atoms with Crippen LogP contribution in [0.2, 0.25) is 0 Å². The second-order valence-corrected chi connectivity index (χ2v) is 3.50. The summed E-state index contributed by atoms with van der Waals surface area (Å²) in [7, 11) is 0. The van der Waals surface area contributed by atoms with Crippen LogP contribution in [0.15, 0.2) is 0 Å². The lowest BCUT2D eigenvalue weighted by atomic mass is 9.65. The SMILES string of the molecule is OC1CCC1C1CCC1. The summed E-state index contributed by atoms with van der Waals surface area (Å²) in [6, 6.07) is 0. The van der Waals surface area contributed by atoms with Crippen molar-refractivity contribution in [3.63, 3.8) is 0 Å². The molecule has 1 heteroatoms. The van der Waals surface area contributed by atoms with Crippen molar-refractivity contribution < 1.29 is 5.11 Å². The number of hydrogen-bond acceptors (Lipinski definition) is 1. The fourth-order valence-corrected chi connectivity index (χ4v) is 1.93. The zero-order valence-electron chi connectivity index (χ0n) is 5.71. The van der Waals surface area contributed by atoms with E-state index in [1.807, 2.05) is 0 Å². The molecule has 9 heavy (non-hydrogen) atoms. The van der Waals surface area contributed by atoms with E-state index in [-0.39, 0.29) is 6.10 Å². The molecule has 0 aromatic heterocycles. The van der Waals surface area contributed by atoms with Crippen molar-refractivity contribution in [2.75, 3.05) is 0 Å². The molecule has 0 aromatic carbocycles. The van der Waals surface area contributed by atoms with E-state index < -0.39 is 0 Å². The summed E-state index contributed by atoms with van der Waals surface area (Å²) in [6.45, 7) is 0. The molecule has 2 aliphatic rings. The second-order valence-electron chi connectivity index (χ2n) is 3.50. The lowest BCUT2D eigenvalue weighted by Gasteiger charge is -2.43. The maximum atomic E-state index is 9.24. The minimum absolute atomic E-state index is 0.0790. The first-order valence-electron chi connectivity index (χ1n) is 4.06. The van der Waals surface area contributed by atoms with Gasteiger partial charge in [0, 0.05) is 0 Å². The highest BCUT2D eigenvalue weighted by molar-refractivity contribution is 4.88. The normalized spacial score (nSPS) is 43.7. The van der Waals surface area contributed by atoms with E-state index in [1.165, 1.54) is 25.7 Å². The summed E-state index contributed by atoms with van der Waals surface area (Å²) < 4.78 is 0. The maximum Gasteiger partial charge on any atom is 0.0571 e. The van der Waals surface area contributed by atoms with Gasteiger partial charge in [-0.3, -0.25) is 0 Å². The molecule has 2 aliphatic carbocycles. The van der Waals surface area contributed by atoms with Gasteiger partial charge in [0.2, 0.25) is 0 Å². The molecule has 0 aromatic rings. The van der Waals surface area contributed by atoms with Crippen molar-refractivity contribution in [3.8, 4) is 0 Å². The standard InChI is InChI=1S/C8H14O/c9-8-5-4-7(8)6-2-1-3-6/h6-9H,1-5H2. The van der Waals surface area contributed by atoms with Gasteiger partial charge in [-0.05, 0) is 24.7 Å². The van der Waals surface area contributed by atoms with E-state index in [0.717, 1.165) is 12.3 Å². The molecule has 2 fully saturated rings. The zero-order valence-corrected chi connectivity index (χ0v) is 5.71. The van der Waals surface area contributed by atoms with Crippen molar-refractivity contribution in [2.45, 2.75) is 38.2 Å². The number of aliphatic hydroxyl groups is 1. The molecule has 0 amide bonds. The summed E-state index contributed by atoms with van der Waals surface area (Å²) in [4.78, 5) is 0. The van der Waals surface area contributed by atoms with Crippen molar-refractivity contribution in [2.24, 2.45) is 11.8 Å². The second kappa shape index (κ2) is 1.98. The molecule has 0 saturated heterocycles. The molecule has 0 heterocycles. The van der Waals surface area contributed by atoms with E-state index in [2.05, 4.69) is 0 Å². The van der Waals surface area contributed by atoms with Crippen LogP contribution in [0.3, 0.4) is 0 Å². The first-order chi connectivity index (χ1) is 4.38. The molecule has 0 bridgehead atoms. The minimum Gasteiger partial charge on any atom is -0.393 e. The van der Waals surface area contributed by atoms with Gasteiger partial charge in [-0.2, -0.15) is 0 Å². The Kier molecular flexibility index (Phi) is 1.26. The van der Waals surface area contributed by atoms with E-state index in [0.29, 0.717) is 5.92 Å². The average Bonchev–Trinajstić information content (AvgIpc) is 1.74. The predicted molar refractivity (Wildman–Crippen MR) is 36.1 cm³/mol. The maximum absolute atomic E-state index is 9.24. The van der Waals surface area contributed by atoms with Gasteiger partial charge in [-0.25, -0.2) is 0 Å². The van der Waals surface area contributed by atoms with Crippen molar-refractivity contribution in [1.29, 1.82) is 0 Å². The van der Waals surface area contributed by atoms with E-state index >= 15 is 0 Å². The minimum atomic E-state index is 0.0790. The van der Waals surface area contributed by atoms with Crippen LogP contribution in [0.1, 0.15) is 32.1 Å². The van der Waals surface area contributed by atoms with Crippen LogP contribution in [0, 0.1) is 11.8 Å². The Labute approximate surface area is 56.1 Å². The number of aliphatic hydroxyl groups excluding tert-OH is 1. The Morgan fingerprint density at radius 1 is 1.00 bits per heavy atom. The Balaban J connectivity index is 1.83. The summed E-state index contributed by atoms with van der Waals surface area (Å²) in [5, 5.41) is 9.24. The van der Waals surface area contributed by atoms with Crippen LogP contribution in [-0.4, -0.2) is 11.2 Å². The van der Waals surface area contributed by atoms with Gasteiger partial charge >= 0.3 is 0 Å². The first kappa shape index (κ1) is 5.72. The average molecular weight is 126 g/mol. The van der Waals surface area contributed by atoms with Crippen LogP contribution in [0.5, 0.6) is 0 Å². The third kappa shape index (κ3) is 0.787. The van der Waals surface area contributed by atoms with E-state index in [4.69, 9.17) is 0 Å². The van der Waals surface area contributed by atoms with Crippen LogP contribution >= 0.6 is 0 Å². The molecule has 2 saturated carbocycles. The molecule has 52 valence electrons. The Hall–Kier alpha value is -0.0400. The fourth-order valence-electron chi connectivity index (χ4n) is 1.93. The highest BCUT2D eigenvalue weighted by Gasteiger charge is 2.37. The monoisotopic (exact) mass is 126 g/mol. The fraction of sp³-hybridized carbons (Fsp3) is 1.00. The Morgan fingerprint density at radius 2 is 1.78 bits per heavy atom. The third-order valence-corrected chi connectivity index (χ3v) is 3.05. The van der Waals surface area contributed by atoms with Crippen molar-refractivity contribution in [1.82, 2.24) is 0 Å². The van der Waals surface area contributed by atoms with Gasteiger partial charge in [-0.1, -0.05) is 19.3 Å². The smallest absolute Gasteiger partial charge is 0.0571 e. The van der Waals surface area contributed by atoms with Gasteiger partial charge in [0.05, 0.1) is 6.10 Å². The Morgan fingerprint density at radius 3 is 1.89 bits per heavy atom. The number of rotatable bonds is 1. The lowest BCUT2D eigenvalue weighted by molar-refractivity contribution is -0.0315. The summed E-state index contributed by atoms with van der Waals surface area (Å²) >= 11 is 0. The van der Waals surface area contributed by atoms with Gasteiger partial charge < -0.3 is 5.11 Å². The molecule has 2 unspecified atom stereocenters. The molecule has 1 N–H and O–H groups in total. The Bertz CT molecular complexity index is 107. The van der Waals surface area contributed by atoms with Crippen molar-refractivity contribution in [3.05, 3.63) is 0 Å². The third-order valence-electron chi connectivity index (χ3n) is 3.05. The van der Waals surface area contributed by atoms with Crippen LogP contribution in [0.4, 0.5) is 0 Å². The topological polar surface area (TPSA) is 20.2 Å². The van der Waals surface area contributed by atoms with Gasteiger partial charge in [0.1, 0.15) is 0 Å². The lowest BCUT2D eigenvalue weighted by Crippen LogP contribution is -2.39. The van der Waals surface area contributed by atoms with E-state index in [9.17, 15) is 5.11 Å². The first-order valence-corrected chi connectivity index (χ1v) is 4.06. The predicted octanol–water partition coefficient (Wildman–Crippen LogP) is 1.56. The van der Waals surface area contributed by atoms with Crippen LogP contribution in [0.25, 0.3) is 0 Å². The van der Waals surface area contributed by atoms with Gasteiger partial charge in [0.15, 0.2) is 0 Å². The summed E-state index contributed by atoms with van der Waals surface area (Å²) in [6.07, 6.45) is 6.64. The summed E-state index contributed by atoms with van der Waals surface area (Å²) in [5.41, 5.74) is 0. The van der Waals surface area contributed by atoms with Gasteiger partial charge in [-0.15, -0.1) is 0 Å². The molecule has 2 rings (SSSR count). The van der Waals surface area contributed by atoms with Gasteiger partial charge in [0.25, 0.3) is 0 Å². The molecular weight excluding hydrogens is 112 g/mol. The molecule has 0 radical (unpaired) electrons. The number of hydrogen-bond donors (Lipinski definition) is 1. The zero-order chi connectivity index (χ0) is 6.27. The molecular formula is C8H14O. The summed E-state index contributed by atoms with van der Waals surface area (Å²) in [5.74, 6) is 1.62.